The zero-order chi connectivity index (χ0) is 22.7. The number of rotatable bonds is 5. The van der Waals surface area contributed by atoms with Crippen LogP contribution in [0.1, 0.15) is 31.2 Å². The maximum Gasteiger partial charge on any atom is 0.253 e. The van der Waals surface area contributed by atoms with Crippen molar-refractivity contribution in [1.82, 2.24) is 10.6 Å². The molecule has 174 valence electrons. The molecule has 2 N–H and O–H groups in total. The summed E-state index contributed by atoms with van der Waals surface area (Å²) in [4.78, 5) is 19.9. The number of carbonyl (C=O) groups is 1. The van der Waals surface area contributed by atoms with Gasteiger partial charge >= 0.3 is 0 Å². The number of nitrogens with zero attached hydrogens (tertiary/aromatic N) is 2. The van der Waals surface area contributed by atoms with Crippen LogP contribution in [0.3, 0.4) is 0 Å². The smallest absolute Gasteiger partial charge is 0.253 e. The molecule has 2 unspecified atom stereocenters. The van der Waals surface area contributed by atoms with E-state index in [1.807, 2.05) is 12.1 Å². The van der Waals surface area contributed by atoms with Crippen LogP contribution in [-0.4, -0.2) is 67.8 Å². The first kappa shape index (κ1) is 23.7. The summed E-state index contributed by atoms with van der Waals surface area (Å²) in [5.41, 5.74) is 2.54. The lowest BCUT2D eigenvalue weighted by Crippen LogP contribution is -2.46. The van der Waals surface area contributed by atoms with Crippen molar-refractivity contribution in [1.29, 1.82) is 0 Å². The molecule has 2 heterocycles. The molecule has 4 rings (SSSR count). The average molecular weight is 499 g/mol. The highest BCUT2D eigenvalue weighted by molar-refractivity contribution is 7.80. The van der Waals surface area contributed by atoms with E-state index in [1.165, 1.54) is 0 Å². The van der Waals surface area contributed by atoms with Gasteiger partial charge < -0.3 is 25.0 Å². The summed E-state index contributed by atoms with van der Waals surface area (Å²) >= 11 is 18.5. The first-order valence-electron chi connectivity index (χ1n) is 11.0. The Morgan fingerprint density at radius 1 is 1.22 bits per heavy atom. The minimum atomic E-state index is -0.634. The third kappa shape index (κ3) is 5.37. The summed E-state index contributed by atoms with van der Waals surface area (Å²) in [6, 6.07) is 4.93. The number of benzene rings is 1. The van der Waals surface area contributed by atoms with Gasteiger partial charge in [0.15, 0.2) is 11.4 Å². The van der Waals surface area contributed by atoms with E-state index in [0.717, 1.165) is 42.6 Å². The molecule has 0 aromatic heterocycles. The second kappa shape index (κ2) is 10.7. The van der Waals surface area contributed by atoms with Gasteiger partial charge in [-0.05, 0) is 43.3 Å². The zero-order valence-electron chi connectivity index (χ0n) is 18.0. The van der Waals surface area contributed by atoms with Crippen LogP contribution in [0.15, 0.2) is 23.2 Å². The van der Waals surface area contributed by atoms with Crippen molar-refractivity contribution >= 4 is 57.8 Å². The lowest BCUT2D eigenvalue weighted by atomic mass is 9.82. The number of anilines is 1. The Morgan fingerprint density at radius 3 is 2.69 bits per heavy atom. The summed E-state index contributed by atoms with van der Waals surface area (Å²) < 4.78 is 10.8. The van der Waals surface area contributed by atoms with Crippen molar-refractivity contribution in [2.45, 2.75) is 43.4 Å². The summed E-state index contributed by atoms with van der Waals surface area (Å²) in [5.74, 6) is -0.0329. The van der Waals surface area contributed by atoms with E-state index in [1.54, 1.807) is 18.0 Å². The number of ether oxygens (including phenoxy) is 2. The molecular weight excluding hydrogens is 471 g/mol. The molecule has 1 aliphatic carbocycles. The van der Waals surface area contributed by atoms with Crippen molar-refractivity contribution in [3.63, 3.8) is 0 Å². The van der Waals surface area contributed by atoms with E-state index in [-0.39, 0.29) is 30.0 Å². The van der Waals surface area contributed by atoms with Gasteiger partial charge in [0.2, 0.25) is 0 Å². The molecule has 0 bridgehead atoms. The highest BCUT2D eigenvalue weighted by atomic mass is 35.5. The number of amides is 1. The minimum Gasteiger partial charge on any atom is -0.360 e. The highest BCUT2D eigenvalue weighted by Gasteiger charge is 2.35. The number of aliphatic imine (C=N–C) groups is 1. The third-order valence-electron chi connectivity index (χ3n) is 6.12. The molecule has 10 heteroatoms. The topological polar surface area (TPSA) is 75.2 Å². The van der Waals surface area contributed by atoms with Crippen molar-refractivity contribution in [2.24, 2.45) is 10.9 Å². The minimum absolute atomic E-state index is 0.0180. The second-order valence-corrected chi connectivity index (χ2v) is 9.66. The Labute approximate surface area is 203 Å². The maximum atomic E-state index is 13.3. The highest BCUT2D eigenvalue weighted by Crippen LogP contribution is 2.37. The molecule has 1 aromatic carbocycles. The van der Waals surface area contributed by atoms with E-state index in [0.29, 0.717) is 29.9 Å². The zero-order valence-corrected chi connectivity index (χ0v) is 20.3. The first-order valence-corrected chi connectivity index (χ1v) is 12.2. The molecule has 3 aliphatic rings. The molecular formula is C22H28Cl2N4O3S. The Hall–Kier alpha value is -1.45. The summed E-state index contributed by atoms with van der Waals surface area (Å²) in [6.07, 6.45) is 3.77. The predicted octanol–water partition coefficient (Wildman–Crippen LogP) is 3.11. The normalized spacial score (nSPS) is 26.3. The van der Waals surface area contributed by atoms with E-state index < -0.39 is 6.04 Å². The van der Waals surface area contributed by atoms with Gasteiger partial charge in [0, 0.05) is 41.2 Å². The Balaban J connectivity index is 1.54. The van der Waals surface area contributed by atoms with Gasteiger partial charge in [0.05, 0.1) is 25.4 Å². The van der Waals surface area contributed by atoms with Crippen LogP contribution < -0.4 is 15.5 Å². The third-order valence-corrected chi connectivity index (χ3v) is 7.16. The average Bonchev–Trinajstić information content (AvgIpc) is 3.28. The van der Waals surface area contributed by atoms with Crippen molar-refractivity contribution < 1.29 is 14.3 Å². The molecule has 32 heavy (non-hydrogen) atoms. The van der Waals surface area contributed by atoms with Gasteiger partial charge in [-0.2, -0.15) is 0 Å². The van der Waals surface area contributed by atoms with Gasteiger partial charge in [0.1, 0.15) is 6.04 Å². The lowest BCUT2D eigenvalue weighted by Gasteiger charge is -2.29. The molecule has 2 aliphatic heterocycles. The van der Waals surface area contributed by atoms with Crippen LogP contribution in [0, 0.1) is 5.92 Å². The molecule has 1 saturated carbocycles. The lowest BCUT2D eigenvalue weighted by molar-refractivity contribution is -0.119. The van der Waals surface area contributed by atoms with Gasteiger partial charge in [0.25, 0.3) is 5.91 Å². The monoisotopic (exact) mass is 498 g/mol. The number of thiocarbonyl (C=S) groups is 1. The number of alkyl halides is 1. The standard InChI is InChI=1S/C22H28Cl2N4O3S/c1-28-18-7-6-13(23)10-15(18)20(14-4-2-3-5-16(14)24)27-17(21(28)29)11-25-22(32)26-12-19-30-8-9-31-19/h6-7,10,14,16-17,19H,2-5,8-9,11-12H2,1H3,(H2,25,26,32)/t14?,16-,17?/m1/s1. The largest absolute Gasteiger partial charge is 0.360 e. The summed E-state index contributed by atoms with van der Waals surface area (Å²) in [5, 5.41) is 7.21. The quantitative estimate of drug-likeness (QED) is 0.479. The molecule has 3 atom stereocenters. The fraction of sp³-hybridized carbons (Fsp3) is 0.591. The molecule has 1 amide bonds. The fourth-order valence-electron chi connectivity index (χ4n) is 4.42. The summed E-state index contributed by atoms with van der Waals surface area (Å²) in [6.45, 7) is 1.88. The van der Waals surface area contributed by atoms with Gasteiger partial charge in [-0.1, -0.05) is 24.4 Å². The maximum absolute atomic E-state index is 13.3. The number of carbonyl (C=O) groups excluding carboxylic acids is 1. The molecule has 2 fully saturated rings. The molecule has 7 nitrogen and oxygen atoms in total. The van der Waals surface area contributed by atoms with Crippen LogP contribution in [0.4, 0.5) is 5.69 Å². The SMILES string of the molecule is CN1C(=O)C(CNC(=S)NCC2OCCO2)N=C(C2CCCC[C@H]2Cl)c2cc(Cl)ccc21. The molecule has 1 saturated heterocycles. The Morgan fingerprint density at radius 2 is 1.94 bits per heavy atom. The number of hydrogen-bond donors (Lipinski definition) is 2. The van der Waals surface area contributed by atoms with E-state index in [9.17, 15) is 4.79 Å². The number of hydrogen-bond acceptors (Lipinski definition) is 5. The van der Waals surface area contributed by atoms with E-state index in [4.69, 9.17) is 49.9 Å². The number of halogens is 2. The number of benzodiazepines with no additional fused rings is 1. The fourth-order valence-corrected chi connectivity index (χ4v) is 5.15. The van der Waals surface area contributed by atoms with Crippen molar-refractivity contribution in [2.75, 3.05) is 38.3 Å². The van der Waals surface area contributed by atoms with E-state index >= 15 is 0 Å². The number of fused-ring (bicyclic) bond motifs is 1. The molecule has 1 aromatic rings. The molecule has 0 spiro atoms. The number of nitrogens with one attached hydrogen (secondary N) is 2. The van der Waals surface area contributed by atoms with Crippen LogP contribution >= 0.6 is 35.4 Å². The second-order valence-electron chi connectivity index (χ2n) is 8.26. The van der Waals surface area contributed by atoms with Gasteiger partial charge in [-0.3, -0.25) is 9.79 Å². The molecule has 0 radical (unpaired) electrons. The van der Waals surface area contributed by atoms with Crippen molar-refractivity contribution in [3.8, 4) is 0 Å². The van der Waals surface area contributed by atoms with Crippen LogP contribution in [0.5, 0.6) is 0 Å². The Kier molecular flexibility index (Phi) is 7.89. The van der Waals surface area contributed by atoms with Crippen LogP contribution in [-0.2, 0) is 14.3 Å². The van der Waals surface area contributed by atoms with E-state index in [2.05, 4.69) is 10.6 Å². The van der Waals surface area contributed by atoms with Crippen molar-refractivity contribution in [3.05, 3.63) is 28.8 Å². The van der Waals surface area contributed by atoms with Crippen LogP contribution in [0.2, 0.25) is 5.02 Å². The summed E-state index contributed by atoms with van der Waals surface area (Å²) in [7, 11) is 1.77. The number of likely N-dealkylation sites (N-methyl/N-ethyl adjacent to an activating group) is 1. The van der Waals surface area contributed by atoms with Gasteiger partial charge in [-0.15, -0.1) is 11.6 Å². The predicted molar refractivity (Wildman–Crippen MR) is 131 cm³/mol. The van der Waals surface area contributed by atoms with Gasteiger partial charge in [-0.25, -0.2) is 0 Å². The van der Waals surface area contributed by atoms with Crippen LogP contribution in [0.25, 0.3) is 0 Å². The first-order chi connectivity index (χ1) is 15.4. The Bertz CT molecular complexity index is 894.